The monoisotopic (exact) mass is 346 g/mol. The second kappa shape index (κ2) is 6.07. The molecule has 4 aromatic rings. The lowest BCUT2D eigenvalue weighted by Crippen LogP contribution is -2.23. The van der Waals surface area contributed by atoms with Crippen LogP contribution in [0, 0.1) is 6.92 Å². The van der Waals surface area contributed by atoms with E-state index in [0.717, 1.165) is 16.9 Å². The number of benzene rings is 2. The standard InChI is InChI=1S/C20H18N4O2/c1-13-19(26-2)20(25)24-18(22-13)12-17(14-6-4-3-5-7-14)23(24)16-10-8-15(21)9-11-16/h3-12H,21H2,1-2H3. The third-order valence-electron chi connectivity index (χ3n) is 4.32. The minimum Gasteiger partial charge on any atom is -0.490 e. The Kier molecular flexibility index (Phi) is 3.73. The average Bonchev–Trinajstić information content (AvgIpc) is 3.03. The van der Waals surface area contributed by atoms with Crippen LogP contribution in [0.4, 0.5) is 5.69 Å². The van der Waals surface area contributed by atoms with E-state index < -0.39 is 0 Å². The number of hydrogen-bond donors (Lipinski definition) is 1. The number of methoxy groups -OCH3 is 1. The average molecular weight is 346 g/mol. The summed E-state index contributed by atoms with van der Waals surface area (Å²) in [4.78, 5) is 17.6. The third-order valence-corrected chi connectivity index (χ3v) is 4.32. The van der Waals surface area contributed by atoms with Gasteiger partial charge in [-0.05, 0) is 31.2 Å². The SMILES string of the molecule is COc1c(C)nc2cc(-c3ccccc3)n(-c3ccc(N)cc3)n2c1=O. The van der Waals surface area contributed by atoms with Crippen molar-refractivity contribution in [3.05, 3.63) is 76.7 Å². The zero-order valence-electron chi connectivity index (χ0n) is 14.5. The highest BCUT2D eigenvalue weighted by Gasteiger charge is 2.18. The molecule has 0 atom stereocenters. The fourth-order valence-corrected chi connectivity index (χ4v) is 3.12. The fourth-order valence-electron chi connectivity index (χ4n) is 3.12. The van der Waals surface area contributed by atoms with Gasteiger partial charge in [-0.25, -0.2) is 9.67 Å². The summed E-state index contributed by atoms with van der Waals surface area (Å²) in [6.45, 7) is 1.77. The van der Waals surface area contributed by atoms with Gasteiger partial charge in [0, 0.05) is 17.3 Å². The molecule has 2 heterocycles. The lowest BCUT2D eigenvalue weighted by Gasteiger charge is -2.12. The number of hydrogen-bond acceptors (Lipinski definition) is 4. The molecule has 6 heteroatoms. The van der Waals surface area contributed by atoms with Crippen LogP contribution in [0.2, 0.25) is 0 Å². The van der Waals surface area contributed by atoms with Gasteiger partial charge in [-0.2, -0.15) is 4.52 Å². The molecule has 26 heavy (non-hydrogen) atoms. The van der Waals surface area contributed by atoms with Gasteiger partial charge in [0.05, 0.1) is 24.2 Å². The van der Waals surface area contributed by atoms with Gasteiger partial charge in [-0.3, -0.25) is 4.79 Å². The molecule has 0 saturated carbocycles. The highest BCUT2D eigenvalue weighted by molar-refractivity contribution is 5.68. The Morgan fingerprint density at radius 2 is 1.73 bits per heavy atom. The molecule has 0 aliphatic rings. The van der Waals surface area contributed by atoms with Crippen molar-refractivity contribution in [2.24, 2.45) is 0 Å². The number of anilines is 1. The molecule has 0 aliphatic carbocycles. The molecule has 0 spiro atoms. The van der Waals surface area contributed by atoms with Gasteiger partial charge in [-0.15, -0.1) is 0 Å². The molecule has 0 amide bonds. The second-order valence-electron chi connectivity index (χ2n) is 6.00. The molecule has 2 aromatic carbocycles. The van der Waals surface area contributed by atoms with E-state index in [4.69, 9.17) is 10.5 Å². The first-order valence-electron chi connectivity index (χ1n) is 8.21. The molecular formula is C20H18N4O2. The minimum absolute atomic E-state index is 0.233. The van der Waals surface area contributed by atoms with Crippen molar-refractivity contribution < 1.29 is 4.74 Å². The molecule has 130 valence electrons. The van der Waals surface area contributed by atoms with E-state index in [1.807, 2.05) is 53.2 Å². The number of rotatable bonds is 3. The zero-order valence-corrected chi connectivity index (χ0v) is 14.5. The van der Waals surface area contributed by atoms with Crippen molar-refractivity contribution in [3.8, 4) is 22.7 Å². The summed E-state index contributed by atoms with van der Waals surface area (Å²) >= 11 is 0. The molecule has 6 nitrogen and oxygen atoms in total. The smallest absolute Gasteiger partial charge is 0.315 e. The molecule has 2 aromatic heterocycles. The number of aromatic nitrogens is 3. The molecule has 0 fully saturated rings. The summed E-state index contributed by atoms with van der Waals surface area (Å²) in [6, 6.07) is 19.1. The first-order valence-corrected chi connectivity index (χ1v) is 8.21. The van der Waals surface area contributed by atoms with Crippen LogP contribution in [-0.2, 0) is 0 Å². The topological polar surface area (TPSA) is 74.6 Å². The Morgan fingerprint density at radius 1 is 1.04 bits per heavy atom. The number of nitrogen functional groups attached to an aromatic ring is 1. The maximum atomic E-state index is 13.0. The van der Waals surface area contributed by atoms with Crippen LogP contribution >= 0.6 is 0 Å². The van der Waals surface area contributed by atoms with Crippen molar-refractivity contribution >= 4 is 11.3 Å². The number of ether oxygens (including phenoxy) is 1. The van der Waals surface area contributed by atoms with Gasteiger partial charge >= 0.3 is 5.56 Å². The van der Waals surface area contributed by atoms with Gasteiger partial charge in [0.1, 0.15) is 0 Å². The zero-order chi connectivity index (χ0) is 18.3. The summed E-state index contributed by atoms with van der Waals surface area (Å²) in [5.74, 6) is 0.233. The van der Waals surface area contributed by atoms with E-state index in [0.29, 0.717) is 17.0 Å². The largest absolute Gasteiger partial charge is 0.490 e. The first-order chi connectivity index (χ1) is 12.6. The lowest BCUT2D eigenvalue weighted by molar-refractivity contribution is 0.399. The highest BCUT2D eigenvalue weighted by atomic mass is 16.5. The third kappa shape index (κ3) is 2.43. The number of nitrogens with two attached hydrogens (primary N) is 1. The predicted molar refractivity (Wildman–Crippen MR) is 102 cm³/mol. The van der Waals surface area contributed by atoms with Crippen LogP contribution in [0.5, 0.6) is 5.75 Å². The first kappa shape index (κ1) is 16.0. The van der Waals surface area contributed by atoms with E-state index in [1.165, 1.54) is 11.6 Å². The molecule has 2 N–H and O–H groups in total. The number of nitrogens with zero attached hydrogens (tertiary/aromatic N) is 3. The van der Waals surface area contributed by atoms with Crippen molar-refractivity contribution in [3.63, 3.8) is 0 Å². The van der Waals surface area contributed by atoms with Crippen LogP contribution in [-0.4, -0.2) is 21.3 Å². The number of aryl methyl sites for hydroxylation is 1. The van der Waals surface area contributed by atoms with Gasteiger partial charge in [0.25, 0.3) is 0 Å². The molecule has 0 saturated heterocycles. The summed E-state index contributed by atoms with van der Waals surface area (Å²) in [5, 5.41) is 0. The Morgan fingerprint density at radius 3 is 2.38 bits per heavy atom. The summed E-state index contributed by atoms with van der Waals surface area (Å²) in [5.41, 5.74) is 9.99. The van der Waals surface area contributed by atoms with E-state index in [1.54, 1.807) is 19.1 Å². The Labute approximate surface area is 150 Å². The van der Waals surface area contributed by atoms with E-state index >= 15 is 0 Å². The second-order valence-corrected chi connectivity index (χ2v) is 6.00. The molecular weight excluding hydrogens is 328 g/mol. The van der Waals surface area contributed by atoms with Crippen molar-refractivity contribution in [1.82, 2.24) is 14.2 Å². The highest BCUT2D eigenvalue weighted by Crippen LogP contribution is 2.26. The molecule has 0 aliphatic heterocycles. The fraction of sp³-hybridized carbons (Fsp3) is 0.100. The maximum Gasteiger partial charge on any atom is 0.315 e. The van der Waals surface area contributed by atoms with Crippen molar-refractivity contribution in [1.29, 1.82) is 0 Å². The van der Waals surface area contributed by atoms with Gasteiger partial charge in [-0.1, -0.05) is 30.3 Å². The number of fused-ring (bicyclic) bond motifs is 1. The molecule has 0 bridgehead atoms. The Balaban J connectivity index is 2.14. The quantitative estimate of drug-likeness (QED) is 0.579. The minimum atomic E-state index is -0.256. The molecule has 0 unspecified atom stereocenters. The normalized spacial score (nSPS) is 11.0. The lowest BCUT2D eigenvalue weighted by atomic mass is 10.1. The van der Waals surface area contributed by atoms with Crippen LogP contribution in [0.1, 0.15) is 5.69 Å². The van der Waals surface area contributed by atoms with Crippen LogP contribution in [0.25, 0.3) is 22.6 Å². The van der Waals surface area contributed by atoms with Gasteiger partial charge in [0.15, 0.2) is 5.65 Å². The van der Waals surface area contributed by atoms with Crippen LogP contribution in [0.15, 0.2) is 65.5 Å². The van der Waals surface area contributed by atoms with E-state index in [2.05, 4.69) is 4.98 Å². The van der Waals surface area contributed by atoms with Crippen molar-refractivity contribution in [2.45, 2.75) is 6.92 Å². The Hall–Kier alpha value is -3.54. The van der Waals surface area contributed by atoms with Crippen LogP contribution in [0.3, 0.4) is 0 Å². The predicted octanol–water partition coefficient (Wildman–Crippen LogP) is 3.05. The van der Waals surface area contributed by atoms with Gasteiger partial charge in [0.2, 0.25) is 5.75 Å². The van der Waals surface area contributed by atoms with Crippen LogP contribution < -0.4 is 16.0 Å². The summed E-state index contributed by atoms with van der Waals surface area (Å²) in [7, 11) is 1.48. The molecule has 0 radical (unpaired) electrons. The van der Waals surface area contributed by atoms with Crippen molar-refractivity contribution in [2.75, 3.05) is 12.8 Å². The maximum absolute atomic E-state index is 13.0. The summed E-state index contributed by atoms with van der Waals surface area (Å²) in [6.07, 6.45) is 0. The summed E-state index contributed by atoms with van der Waals surface area (Å²) < 4.78 is 8.64. The molecule has 4 rings (SSSR count). The van der Waals surface area contributed by atoms with Gasteiger partial charge < -0.3 is 10.5 Å². The van der Waals surface area contributed by atoms with E-state index in [9.17, 15) is 4.79 Å². The Bertz CT molecular complexity index is 1140. The van der Waals surface area contributed by atoms with E-state index in [-0.39, 0.29) is 11.3 Å².